The molecule has 0 spiro atoms. The van der Waals surface area contributed by atoms with Crippen LogP contribution in [0.25, 0.3) is 0 Å². The van der Waals surface area contributed by atoms with Gasteiger partial charge in [0.25, 0.3) is 0 Å². The van der Waals surface area contributed by atoms with Crippen molar-refractivity contribution >= 4 is 35.1 Å². The fourth-order valence-electron chi connectivity index (χ4n) is 1.53. The molecule has 0 bridgehead atoms. The summed E-state index contributed by atoms with van der Waals surface area (Å²) in [5.41, 5.74) is -1.12. The SMILES string of the molecule is COSC(C)OC(=O)CCCCCC(=O)OC(C)S(=O)OC. The van der Waals surface area contributed by atoms with Gasteiger partial charge in [-0.1, -0.05) is 6.42 Å². The molecule has 0 aliphatic rings. The molecular formula is C13H24O7S2. The molecule has 0 rings (SSSR count). The first kappa shape index (κ1) is 21.4. The zero-order valence-corrected chi connectivity index (χ0v) is 15.0. The lowest BCUT2D eigenvalue weighted by molar-refractivity contribution is -0.145. The monoisotopic (exact) mass is 356 g/mol. The molecule has 0 aromatic rings. The molecule has 0 amide bonds. The highest BCUT2D eigenvalue weighted by atomic mass is 32.2. The fraction of sp³-hybridized carbons (Fsp3) is 0.846. The van der Waals surface area contributed by atoms with Crippen molar-refractivity contribution in [1.82, 2.24) is 0 Å². The van der Waals surface area contributed by atoms with E-state index >= 15 is 0 Å². The maximum Gasteiger partial charge on any atom is 0.307 e. The van der Waals surface area contributed by atoms with Crippen molar-refractivity contribution in [2.24, 2.45) is 0 Å². The molecule has 0 aliphatic carbocycles. The Morgan fingerprint density at radius 2 is 1.55 bits per heavy atom. The lowest BCUT2D eigenvalue weighted by Crippen LogP contribution is -2.20. The number of hydrogen-bond acceptors (Lipinski definition) is 8. The smallest absolute Gasteiger partial charge is 0.307 e. The van der Waals surface area contributed by atoms with Crippen molar-refractivity contribution in [3.63, 3.8) is 0 Å². The highest BCUT2D eigenvalue weighted by Gasteiger charge is 2.15. The average Bonchev–Trinajstić information content (AvgIpc) is 2.45. The molecular weight excluding hydrogens is 332 g/mol. The van der Waals surface area contributed by atoms with Crippen LogP contribution in [-0.2, 0) is 38.5 Å². The van der Waals surface area contributed by atoms with E-state index in [1.165, 1.54) is 21.1 Å². The number of rotatable bonds is 12. The van der Waals surface area contributed by atoms with E-state index in [0.29, 0.717) is 25.7 Å². The topological polar surface area (TPSA) is 88.1 Å². The molecule has 7 nitrogen and oxygen atoms in total. The van der Waals surface area contributed by atoms with Gasteiger partial charge in [-0.15, -0.1) is 0 Å². The third-order valence-electron chi connectivity index (χ3n) is 2.52. The quantitative estimate of drug-likeness (QED) is 0.228. The zero-order valence-electron chi connectivity index (χ0n) is 13.4. The summed E-state index contributed by atoms with van der Waals surface area (Å²) in [5, 5.41) is 0. The van der Waals surface area contributed by atoms with Gasteiger partial charge in [0.15, 0.2) is 22.0 Å². The summed E-state index contributed by atoms with van der Waals surface area (Å²) in [7, 11) is 2.79. The van der Waals surface area contributed by atoms with Crippen LogP contribution < -0.4 is 0 Å². The molecule has 0 N–H and O–H groups in total. The van der Waals surface area contributed by atoms with Gasteiger partial charge in [0, 0.05) is 24.9 Å². The van der Waals surface area contributed by atoms with Crippen LogP contribution >= 0.6 is 12.0 Å². The summed E-state index contributed by atoms with van der Waals surface area (Å²) in [6, 6.07) is 0. The Kier molecular flexibility index (Phi) is 12.5. The van der Waals surface area contributed by atoms with Gasteiger partial charge in [0.2, 0.25) is 0 Å². The van der Waals surface area contributed by atoms with Gasteiger partial charge in [0.1, 0.15) is 0 Å². The van der Waals surface area contributed by atoms with Gasteiger partial charge in [-0.3, -0.25) is 13.8 Å². The number of esters is 2. The number of ether oxygens (including phenoxy) is 2. The first-order chi connectivity index (χ1) is 10.4. The van der Waals surface area contributed by atoms with Gasteiger partial charge in [-0.2, -0.15) is 0 Å². The summed E-state index contributed by atoms with van der Waals surface area (Å²) in [6.07, 6.45) is 2.46. The van der Waals surface area contributed by atoms with Gasteiger partial charge in [0.05, 0.1) is 14.2 Å². The minimum atomic E-state index is -1.63. The number of unbranched alkanes of at least 4 members (excludes halogenated alkanes) is 2. The van der Waals surface area contributed by atoms with Crippen molar-refractivity contribution in [1.29, 1.82) is 0 Å². The van der Waals surface area contributed by atoms with Crippen LogP contribution in [0.15, 0.2) is 0 Å². The summed E-state index contributed by atoms with van der Waals surface area (Å²) in [4.78, 5) is 22.9. The zero-order chi connectivity index (χ0) is 17.0. The molecule has 0 aliphatic heterocycles. The molecule has 0 saturated carbocycles. The van der Waals surface area contributed by atoms with Crippen molar-refractivity contribution in [2.45, 2.75) is 56.8 Å². The van der Waals surface area contributed by atoms with Crippen LogP contribution in [0.5, 0.6) is 0 Å². The predicted octanol–water partition coefficient (Wildman–Crippen LogP) is 2.32. The van der Waals surface area contributed by atoms with E-state index in [9.17, 15) is 13.8 Å². The molecule has 3 unspecified atom stereocenters. The van der Waals surface area contributed by atoms with Gasteiger partial charge < -0.3 is 13.7 Å². The maximum absolute atomic E-state index is 11.5. The van der Waals surface area contributed by atoms with Crippen molar-refractivity contribution in [3.05, 3.63) is 0 Å². The fourth-order valence-corrected chi connectivity index (χ4v) is 2.41. The Bertz CT molecular complexity index is 362. The predicted molar refractivity (Wildman–Crippen MR) is 83.9 cm³/mol. The van der Waals surface area contributed by atoms with E-state index < -0.39 is 22.5 Å². The van der Waals surface area contributed by atoms with E-state index in [1.54, 1.807) is 6.92 Å². The molecule has 9 heteroatoms. The van der Waals surface area contributed by atoms with Gasteiger partial charge in [-0.05, 0) is 26.7 Å². The number of carbonyl (C=O) groups is 2. The summed E-state index contributed by atoms with van der Waals surface area (Å²) < 4.78 is 30.5. The van der Waals surface area contributed by atoms with Crippen molar-refractivity contribution in [2.75, 3.05) is 14.2 Å². The first-order valence-corrected chi connectivity index (χ1v) is 8.88. The summed E-state index contributed by atoms with van der Waals surface area (Å²) >= 11 is -0.554. The lowest BCUT2D eigenvalue weighted by Gasteiger charge is -2.11. The molecule has 0 aromatic carbocycles. The Balaban J connectivity index is 3.66. The van der Waals surface area contributed by atoms with Gasteiger partial charge >= 0.3 is 11.9 Å². The Morgan fingerprint density at radius 1 is 1.00 bits per heavy atom. The molecule has 0 heterocycles. The average molecular weight is 356 g/mol. The van der Waals surface area contributed by atoms with Crippen molar-refractivity contribution < 1.29 is 31.6 Å². The first-order valence-electron chi connectivity index (χ1n) is 6.94. The van der Waals surface area contributed by atoms with E-state index in [1.807, 2.05) is 0 Å². The number of hydrogen-bond donors (Lipinski definition) is 0. The van der Waals surface area contributed by atoms with Crippen LogP contribution in [0.3, 0.4) is 0 Å². The Hall–Kier alpha value is -0.640. The van der Waals surface area contributed by atoms with Crippen LogP contribution in [0.1, 0.15) is 46.0 Å². The molecule has 0 radical (unpaired) electrons. The minimum absolute atomic E-state index is 0.218. The van der Waals surface area contributed by atoms with Crippen LogP contribution in [0, 0.1) is 0 Å². The lowest BCUT2D eigenvalue weighted by atomic mass is 10.1. The third kappa shape index (κ3) is 11.0. The largest absolute Gasteiger partial charge is 0.449 e. The standard InChI is InChI=1S/C13H24O7S2/c1-10(21-17-3)19-12(14)8-6-5-7-9-13(15)20-11(2)22(16)18-4/h10-11H,5-9H2,1-4H3. The Labute approximate surface area is 138 Å². The third-order valence-corrected chi connectivity index (χ3v) is 4.05. The molecule has 130 valence electrons. The van der Waals surface area contributed by atoms with Crippen LogP contribution in [0.4, 0.5) is 0 Å². The molecule has 3 atom stereocenters. The van der Waals surface area contributed by atoms with Crippen LogP contribution in [-0.4, -0.2) is 41.2 Å². The van der Waals surface area contributed by atoms with E-state index in [0.717, 1.165) is 12.0 Å². The Morgan fingerprint density at radius 3 is 2.05 bits per heavy atom. The maximum atomic E-state index is 11.5. The minimum Gasteiger partial charge on any atom is -0.449 e. The second-order valence-electron chi connectivity index (χ2n) is 4.37. The molecule has 22 heavy (non-hydrogen) atoms. The second-order valence-corrected chi connectivity index (χ2v) is 7.07. The van der Waals surface area contributed by atoms with Gasteiger partial charge in [-0.25, -0.2) is 4.21 Å². The van der Waals surface area contributed by atoms with E-state index in [2.05, 4.69) is 4.18 Å². The van der Waals surface area contributed by atoms with E-state index in [4.69, 9.17) is 13.7 Å². The summed E-state index contributed by atoms with van der Waals surface area (Å²) in [5.74, 6) is -0.714. The molecule has 0 aromatic heterocycles. The van der Waals surface area contributed by atoms with Crippen LogP contribution in [0.2, 0.25) is 0 Å². The summed E-state index contributed by atoms with van der Waals surface area (Å²) in [6.45, 7) is 3.24. The normalized spacial score (nSPS) is 14.9. The highest BCUT2D eigenvalue weighted by molar-refractivity contribution is 7.95. The molecule has 0 fully saturated rings. The highest BCUT2D eigenvalue weighted by Crippen LogP contribution is 2.13. The van der Waals surface area contributed by atoms with Crippen molar-refractivity contribution in [3.8, 4) is 0 Å². The molecule has 0 saturated heterocycles. The number of carbonyl (C=O) groups excluding carboxylic acids is 2. The van der Waals surface area contributed by atoms with E-state index in [-0.39, 0.29) is 17.8 Å². The second kappa shape index (κ2) is 12.9.